The molecule has 128 valence electrons. The Balaban J connectivity index is 0.00000208. The van der Waals surface area contributed by atoms with Gasteiger partial charge >= 0.3 is 0 Å². The van der Waals surface area contributed by atoms with Crippen LogP contribution in [0.5, 0.6) is 0 Å². The summed E-state index contributed by atoms with van der Waals surface area (Å²) in [5.74, 6) is -0.332. The number of nitrogens with two attached hydrogens (primary N) is 1. The first-order valence-corrected chi connectivity index (χ1v) is 8.27. The van der Waals surface area contributed by atoms with E-state index >= 15 is 0 Å². The second-order valence-corrected chi connectivity index (χ2v) is 6.90. The lowest BCUT2D eigenvalue weighted by atomic mass is 9.77. The molecule has 3 rings (SSSR count). The molecule has 0 amide bonds. The van der Waals surface area contributed by atoms with Gasteiger partial charge in [-0.3, -0.25) is 10.2 Å². The van der Waals surface area contributed by atoms with E-state index in [1.54, 1.807) is 6.20 Å². The first kappa shape index (κ1) is 18.7. The highest BCUT2D eigenvalue weighted by atomic mass is 35.5. The van der Waals surface area contributed by atoms with E-state index in [9.17, 15) is 0 Å². The van der Waals surface area contributed by atoms with Gasteiger partial charge in [-0.05, 0) is 35.6 Å². The van der Waals surface area contributed by atoms with Gasteiger partial charge in [-0.25, -0.2) is 10.5 Å². The number of hydrogen-bond acceptors (Lipinski definition) is 5. The molecule has 6 nitrogen and oxygen atoms in total. The van der Waals surface area contributed by atoms with Crippen molar-refractivity contribution in [1.82, 2.24) is 10.5 Å². The SMILES string of the molecule is Cc1ccnc2c1C(N=C(N)NO)C(=N)C(c1ccsc1Cl)C2.Cl. The number of hydroxylamine groups is 1. The number of rotatable bonds is 2. The highest BCUT2D eigenvalue weighted by Gasteiger charge is 2.36. The van der Waals surface area contributed by atoms with E-state index in [2.05, 4.69) is 9.98 Å². The number of thiophene rings is 1. The monoisotopic (exact) mass is 385 g/mol. The number of nitrogens with zero attached hydrogens (tertiary/aromatic N) is 2. The molecule has 0 radical (unpaired) electrons. The van der Waals surface area contributed by atoms with Crippen molar-refractivity contribution in [3.8, 4) is 0 Å². The first-order valence-electron chi connectivity index (χ1n) is 7.02. The number of pyridine rings is 1. The van der Waals surface area contributed by atoms with E-state index in [-0.39, 0.29) is 24.3 Å². The van der Waals surface area contributed by atoms with Crippen LogP contribution in [0.4, 0.5) is 0 Å². The van der Waals surface area contributed by atoms with Gasteiger partial charge in [-0.15, -0.1) is 23.7 Å². The Bertz CT molecular complexity index is 792. The van der Waals surface area contributed by atoms with Gasteiger partial charge in [0, 0.05) is 35.5 Å². The van der Waals surface area contributed by atoms with Gasteiger partial charge in [0.05, 0.1) is 4.34 Å². The molecule has 0 saturated carbocycles. The third-order valence-corrected chi connectivity index (χ3v) is 5.24. The minimum Gasteiger partial charge on any atom is -0.368 e. The van der Waals surface area contributed by atoms with Gasteiger partial charge in [0.2, 0.25) is 5.96 Å². The fraction of sp³-hybridized carbons (Fsp3) is 0.267. The summed E-state index contributed by atoms with van der Waals surface area (Å²) in [5, 5.41) is 19.5. The average Bonchev–Trinajstić information content (AvgIpc) is 2.95. The minimum absolute atomic E-state index is 0. The predicted molar refractivity (Wildman–Crippen MR) is 99.0 cm³/mol. The number of fused-ring (bicyclic) bond motifs is 1. The Kier molecular flexibility index (Phi) is 5.82. The van der Waals surface area contributed by atoms with Crippen LogP contribution in [0.15, 0.2) is 28.7 Å². The van der Waals surface area contributed by atoms with Gasteiger partial charge in [0.25, 0.3) is 0 Å². The Morgan fingerprint density at radius 1 is 1.54 bits per heavy atom. The zero-order chi connectivity index (χ0) is 16.6. The molecule has 5 N–H and O–H groups in total. The Labute approximate surface area is 154 Å². The van der Waals surface area contributed by atoms with Gasteiger partial charge in [-0.1, -0.05) is 11.6 Å². The average molecular weight is 386 g/mol. The molecule has 0 bridgehead atoms. The molecular formula is C15H17Cl2N5OS. The summed E-state index contributed by atoms with van der Waals surface area (Å²) in [6.45, 7) is 1.96. The van der Waals surface area contributed by atoms with Crippen molar-refractivity contribution < 1.29 is 5.21 Å². The third kappa shape index (κ3) is 3.25. The van der Waals surface area contributed by atoms with Gasteiger partial charge in [0.1, 0.15) is 6.04 Å². The lowest BCUT2D eigenvalue weighted by Gasteiger charge is -2.31. The number of halogens is 2. The van der Waals surface area contributed by atoms with Crippen molar-refractivity contribution in [2.24, 2.45) is 10.7 Å². The summed E-state index contributed by atoms with van der Waals surface area (Å²) in [5.41, 5.74) is 11.5. The standard InChI is InChI=1S/C15H16ClN5OS.ClH/c1-7-2-4-19-10-6-9(8-3-5-23-14(8)16)12(17)13(11(7)10)20-15(18)21-22;/h2-5,9,13,17,22H,6H2,1H3,(H3,18,20,21);1H. The summed E-state index contributed by atoms with van der Waals surface area (Å²) in [4.78, 5) is 8.71. The van der Waals surface area contributed by atoms with E-state index in [1.165, 1.54) is 11.3 Å². The first-order chi connectivity index (χ1) is 11.0. The molecule has 2 aromatic heterocycles. The van der Waals surface area contributed by atoms with E-state index in [4.69, 9.17) is 28.0 Å². The summed E-state index contributed by atoms with van der Waals surface area (Å²) in [6, 6.07) is 3.23. The maximum absolute atomic E-state index is 8.95. The van der Waals surface area contributed by atoms with Crippen LogP contribution in [-0.4, -0.2) is 21.9 Å². The van der Waals surface area contributed by atoms with Crippen LogP contribution in [0.1, 0.15) is 34.3 Å². The van der Waals surface area contributed by atoms with Gasteiger partial charge in [0.15, 0.2) is 0 Å². The van der Waals surface area contributed by atoms with Crippen LogP contribution in [0.25, 0.3) is 0 Å². The van der Waals surface area contributed by atoms with Crippen LogP contribution in [0.3, 0.4) is 0 Å². The Morgan fingerprint density at radius 2 is 2.29 bits per heavy atom. The molecule has 0 aliphatic heterocycles. The molecule has 0 spiro atoms. The Hall–Kier alpha value is -1.67. The number of aromatic nitrogens is 1. The molecule has 0 fully saturated rings. The number of guanidine groups is 1. The summed E-state index contributed by atoms with van der Waals surface area (Å²) in [7, 11) is 0. The molecule has 2 heterocycles. The minimum atomic E-state index is -0.590. The smallest absolute Gasteiger partial charge is 0.213 e. The van der Waals surface area contributed by atoms with Crippen molar-refractivity contribution in [3.05, 3.63) is 50.4 Å². The number of aliphatic imine (C=N–C) groups is 1. The van der Waals surface area contributed by atoms with Gasteiger partial charge in [-0.2, -0.15) is 0 Å². The van der Waals surface area contributed by atoms with Crippen molar-refractivity contribution in [2.45, 2.75) is 25.3 Å². The lowest BCUT2D eigenvalue weighted by molar-refractivity contribution is 0.232. The zero-order valence-corrected chi connectivity index (χ0v) is 15.2. The summed E-state index contributed by atoms with van der Waals surface area (Å²) in [6.07, 6.45) is 2.36. The maximum Gasteiger partial charge on any atom is 0.213 e. The molecule has 24 heavy (non-hydrogen) atoms. The summed E-state index contributed by atoms with van der Waals surface area (Å²) < 4.78 is 0.673. The fourth-order valence-corrected chi connectivity index (χ4v) is 3.97. The molecule has 2 unspecified atom stereocenters. The topological polar surface area (TPSA) is 107 Å². The number of hydrogen-bond donors (Lipinski definition) is 4. The molecule has 9 heteroatoms. The van der Waals surface area contributed by atoms with Crippen molar-refractivity contribution in [1.29, 1.82) is 5.41 Å². The predicted octanol–water partition coefficient (Wildman–Crippen LogP) is 3.22. The fourth-order valence-electron chi connectivity index (χ4n) is 2.94. The second kappa shape index (κ2) is 7.48. The molecule has 2 aromatic rings. The summed E-state index contributed by atoms with van der Waals surface area (Å²) >= 11 is 7.71. The van der Waals surface area contributed by atoms with E-state index in [0.29, 0.717) is 16.5 Å². The molecule has 2 atom stereocenters. The highest BCUT2D eigenvalue weighted by molar-refractivity contribution is 7.14. The molecule has 1 aliphatic carbocycles. The van der Waals surface area contributed by atoms with Crippen LogP contribution in [-0.2, 0) is 6.42 Å². The van der Waals surface area contributed by atoms with Crippen molar-refractivity contribution >= 4 is 47.0 Å². The zero-order valence-electron chi connectivity index (χ0n) is 12.8. The van der Waals surface area contributed by atoms with E-state index < -0.39 is 6.04 Å². The number of nitrogens with one attached hydrogen (secondary N) is 2. The second-order valence-electron chi connectivity index (χ2n) is 5.38. The maximum atomic E-state index is 8.95. The van der Waals surface area contributed by atoms with E-state index in [0.717, 1.165) is 22.4 Å². The van der Waals surface area contributed by atoms with Crippen LogP contribution >= 0.6 is 35.3 Å². The lowest BCUT2D eigenvalue weighted by Crippen LogP contribution is -2.34. The van der Waals surface area contributed by atoms with Crippen molar-refractivity contribution in [3.63, 3.8) is 0 Å². The van der Waals surface area contributed by atoms with Crippen LogP contribution in [0.2, 0.25) is 4.34 Å². The van der Waals surface area contributed by atoms with Crippen LogP contribution in [0, 0.1) is 12.3 Å². The Morgan fingerprint density at radius 3 is 2.92 bits per heavy atom. The van der Waals surface area contributed by atoms with Crippen LogP contribution < -0.4 is 11.2 Å². The highest BCUT2D eigenvalue weighted by Crippen LogP contribution is 2.41. The normalized spacial score (nSPS) is 20.3. The van der Waals surface area contributed by atoms with E-state index in [1.807, 2.05) is 29.9 Å². The molecule has 1 aliphatic rings. The molecule has 0 saturated heterocycles. The quantitative estimate of drug-likeness (QED) is 0.361. The van der Waals surface area contributed by atoms with Crippen molar-refractivity contribution in [2.75, 3.05) is 0 Å². The molecular weight excluding hydrogens is 369 g/mol. The number of aryl methyl sites for hydroxylation is 1. The third-order valence-electron chi connectivity index (χ3n) is 4.04. The molecule has 0 aromatic carbocycles. The largest absolute Gasteiger partial charge is 0.368 e. The van der Waals surface area contributed by atoms with Gasteiger partial charge < -0.3 is 11.1 Å².